The van der Waals surface area contributed by atoms with Crippen LogP contribution >= 0.6 is 0 Å². The zero-order valence-corrected chi connectivity index (χ0v) is 21.0. The first kappa shape index (κ1) is 24.0. The Morgan fingerprint density at radius 2 is 2.03 bits per heavy atom. The summed E-state index contributed by atoms with van der Waals surface area (Å²) in [5.41, 5.74) is 8.00. The standard InChI is InChI=1S/C24H32N8OS/c1-24(2,26)16-33-21-15-32-23(18(12-25)14-28-32)22(29-21)17-6-7-20(27-13-17)31-10-8-19(9-11-31)30-34(3,4)5/h6-7,13-15,19H,3,8-11,16,26H2,1-2,4-5H3. The Hall–Kier alpha value is -3.16. The molecule has 1 aliphatic rings. The number of hydrogen-bond acceptors (Lipinski definition) is 8. The average molecular weight is 481 g/mol. The van der Waals surface area contributed by atoms with Gasteiger partial charge in [-0.1, -0.05) is 5.87 Å². The predicted octanol–water partition coefficient (Wildman–Crippen LogP) is 2.78. The van der Waals surface area contributed by atoms with Gasteiger partial charge in [-0.25, -0.2) is 14.5 Å². The van der Waals surface area contributed by atoms with Gasteiger partial charge in [-0.2, -0.15) is 10.4 Å². The van der Waals surface area contributed by atoms with E-state index in [1.807, 2.05) is 26.0 Å². The van der Waals surface area contributed by atoms with Gasteiger partial charge in [-0.05, 0) is 51.3 Å². The Kier molecular flexibility index (Phi) is 6.51. The third kappa shape index (κ3) is 5.66. The summed E-state index contributed by atoms with van der Waals surface area (Å²) in [5.74, 6) is 5.49. The van der Waals surface area contributed by atoms with Gasteiger partial charge in [0.15, 0.2) is 0 Å². The van der Waals surface area contributed by atoms with E-state index < -0.39 is 15.0 Å². The Morgan fingerprint density at radius 1 is 1.29 bits per heavy atom. The molecule has 3 aromatic rings. The summed E-state index contributed by atoms with van der Waals surface area (Å²) in [5, 5.41) is 13.9. The van der Waals surface area contributed by atoms with E-state index >= 15 is 0 Å². The van der Waals surface area contributed by atoms with Crippen molar-refractivity contribution < 1.29 is 4.74 Å². The van der Waals surface area contributed by atoms with E-state index in [-0.39, 0.29) is 0 Å². The molecule has 0 aromatic carbocycles. The Bertz CT molecular complexity index is 1320. The molecule has 0 amide bonds. The van der Waals surface area contributed by atoms with Crippen molar-refractivity contribution in [1.82, 2.24) is 19.6 Å². The molecule has 2 N–H and O–H groups in total. The summed E-state index contributed by atoms with van der Waals surface area (Å²) in [4.78, 5) is 11.7. The zero-order chi connectivity index (χ0) is 24.5. The average Bonchev–Trinajstić information content (AvgIpc) is 3.19. The minimum atomic E-state index is -1.09. The number of rotatable bonds is 6. The number of anilines is 1. The maximum Gasteiger partial charge on any atom is 0.233 e. The largest absolute Gasteiger partial charge is 0.475 e. The first-order valence-electron chi connectivity index (χ1n) is 11.2. The number of nitriles is 1. The second kappa shape index (κ2) is 9.24. The third-order valence-electron chi connectivity index (χ3n) is 5.43. The molecule has 0 radical (unpaired) electrons. The van der Waals surface area contributed by atoms with Crippen LogP contribution in [0.1, 0.15) is 32.3 Å². The molecule has 10 heteroatoms. The van der Waals surface area contributed by atoms with Crippen molar-refractivity contribution in [3.63, 3.8) is 0 Å². The quantitative estimate of drug-likeness (QED) is 0.539. The van der Waals surface area contributed by atoms with E-state index in [4.69, 9.17) is 19.8 Å². The molecule has 1 aliphatic heterocycles. The van der Waals surface area contributed by atoms with Crippen LogP contribution in [-0.4, -0.2) is 69.2 Å². The lowest BCUT2D eigenvalue weighted by atomic mass is 10.1. The number of aromatic nitrogens is 4. The summed E-state index contributed by atoms with van der Waals surface area (Å²) >= 11 is 0. The topological polar surface area (TPSA) is 118 Å². The van der Waals surface area contributed by atoms with E-state index in [1.165, 1.54) is 6.20 Å². The zero-order valence-electron chi connectivity index (χ0n) is 20.2. The summed E-state index contributed by atoms with van der Waals surface area (Å²) in [7, 11) is -1.09. The highest BCUT2D eigenvalue weighted by Crippen LogP contribution is 2.29. The molecule has 1 saturated heterocycles. The normalized spacial score (nSPS) is 15.4. The number of ether oxygens (including phenoxy) is 1. The van der Waals surface area contributed by atoms with E-state index in [1.54, 1.807) is 16.9 Å². The minimum Gasteiger partial charge on any atom is -0.475 e. The molecule has 9 nitrogen and oxygen atoms in total. The minimum absolute atomic E-state index is 0.295. The Labute approximate surface area is 201 Å². The van der Waals surface area contributed by atoms with Crippen LogP contribution in [0, 0.1) is 11.3 Å². The number of nitrogens with zero attached hydrogens (tertiary/aromatic N) is 7. The van der Waals surface area contributed by atoms with Crippen LogP contribution in [0.3, 0.4) is 0 Å². The number of fused-ring (bicyclic) bond motifs is 1. The molecule has 0 unspecified atom stereocenters. The smallest absolute Gasteiger partial charge is 0.233 e. The van der Waals surface area contributed by atoms with Crippen LogP contribution in [0.4, 0.5) is 5.82 Å². The maximum absolute atomic E-state index is 9.57. The fraction of sp³-hybridized carbons (Fsp3) is 0.458. The molecule has 0 spiro atoms. The fourth-order valence-electron chi connectivity index (χ4n) is 3.92. The summed E-state index contributed by atoms with van der Waals surface area (Å²) in [6.45, 7) is 5.89. The van der Waals surface area contributed by atoms with Crippen LogP contribution in [0.15, 0.2) is 35.1 Å². The first-order chi connectivity index (χ1) is 16.0. The molecule has 3 aromatic heterocycles. The number of nitrogens with two attached hydrogens (primary N) is 1. The van der Waals surface area contributed by atoms with Crippen molar-refractivity contribution in [3.8, 4) is 23.2 Å². The lowest BCUT2D eigenvalue weighted by Crippen LogP contribution is -2.38. The van der Waals surface area contributed by atoms with Gasteiger partial charge >= 0.3 is 0 Å². The van der Waals surface area contributed by atoms with Gasteiger partial charge in [-0.15, -0.1) is 9.41 Å². The highest BCUT2D eigenvalue weighted by atomic mass is 32.2. The van der Waals surface area contributed by atoms with Crippen molar-refractivity contribution in [1.29, 1.82) is 5.26 Å². The number of piperidine rings is 1. The fourth-order valence-corrected chi connectivity index (χ4v) is 4.94. The molecule has 34 heavy (non-hydrogen) atoms. The Morgan fingerprint density at radius 3 is 2.62 bits per heavy atom. The molecule has 0 atom stereocenters. The van der Waals surface area contributed by atoms with E-state index in [0.29, 0.717) is 35.3 Å². The van der Waals surface area contributed by atoms with Crippen molar-refractivity contribution >= 4 is 26.6 Å². The highest BCUT2D eigenvalue weighted by molar-refractivity contribution is 8.01. The second-order valence-electron chi connectivity index (χ2n) is 9.88. The van der Waals surface area contributed by atoms with Crippen LogP contribution in [-0.2, 0) is 9.41 Å². The monoisotopic (exact) mass is 480 g/mol. The number of pyridine rings is 1. The van der Waals surface area contributed by atoms with Gasteiger partial charge < -0.3 is 15.4 Å². The van der Waals surface area contributed by atoms with E-state index in [2.05, 4.69) is 39.4 Å². The second-order valence-corrected chi connectivity index (χ2v) is 13.0. The summed E-state index contributed by atoms with van der Waals surface area (Å²) in [6.07, 6.45) is 11.3. The van der Waals surface area contributed by atoms with Gasteiger partial charge in [0.1, 0.15) is 35.3 Å². The van der Waals surface area contributed by atoms with Crippen LogP contribution < -0.4 is 15.4 Å². The van der Waals surface area contributed by atoms with E-state index in [0.717, 1.165) is 37.3 Å². The maximum atomic E-state index is 9.57. The van der Waals surface area contributed by atoms with Gasteiger partial charge in [0.2, 0.25) is 5.88 Å². The van der Waals surface area contributed by atoms with Crippen molar-refractivity contribution in [2.24, 2.45) is 10.1 Å². The molecule has 180 valence electrons. The van der Waals surface area contributed by atoms with Crippen LogP contribution in [0.25, 0.3) is 16.8 Å². The molecular weight excluding hydrogens is 448 g/mol. The third-order valence-corrected chi connectivity index (χ3v) is 6.30. The van der Waals surface area contributed by atoms with Crippen molar-refractivity contribution in [2.45, 2.75) is 38.3 Å². The Balaban J connectivity index is 1.60. The van der Waals surface area contributed by atoms with Crippen LogP contribution in [0.5, 0.6) is 5.88 Å². The molecule has 4 rings (SSSR count). The molecule has 0 aliphatic carbocycles. The molecule has 4 heterocycles. The molecular formula is C24H32N8OS. The highest BCUT2D eigenvalue weighted by Gasteiger charge is 2.21. The summed E-state index contributed by atoms with van der Waals surface area (Å²) < 4.78 is 12.3. The lowest BCUT2D eigenvalue weighted by molar-refractivity contribution is 0.234. The molecule has 0 bridgehead atoms. The predicted molar refractivity (Wildman–Crippen MR) is 139 cm³/mol. The molecule has 0 saturated carbocycles. The van der Waals surface area contributed by atoms with E-state index in [9.17, 15) is 5.26 Å². The SMILES string of the molecule is C=S(C)(C)=NC1CCN(c2ccc(-c3nc(OCC(C)(C)N)cn4ncc(C#N)c34)cn2)CC1. The van der Waals surface area contributed by atoms with Gasteiger partial charge in [0.25, 0.3) is 0 Å². The first-order valence-corrected chi connectivity index (χ1v) is 13.8. The van der Waals surface area contributed by atoms with Gasteiger partial charge in [0, 0.05) is 30.4 Å². The summed E-state index contributed by atoms with van der Waals surface area (Å²) in [6, 6.07) is 6.55. The van der Waals surface area contributed by atoms with Gasteiger partial charge in [0.05, 0.1) is 18.4 Å². The van der Waals surface area contributed by atoms with Crippen molar-refractivity contribution in [3.05, 3.63) is 36.3 Å². The molecule has 1 fully saturated rings. The van der Waals surface area contributed by atoms with Crippen molar-refractivity contribution in [2.75, 3.05) is 37.1 Å². The van der Waals surface area contributed by atoms with Gasteiger partial charge in [-0.3, -0.25) is 4.36 Å². The number of hydrogen-bond donors (Lipinski definition) is 1. The van der Waals surface area contributed by atoms with Crippen LogP contribution in [0.2, 0.25) is 0 Å². The lowest BCUT2D eigenvalue weighted by Gasteiger charge is -2.31.